The minimum atomic E-state index is -0.412. The highest BCUT2D eigenvalue weighted by atomic mass is 16.6. The second kappa shape index (κ2) is 6.62. The summed E-state index contributed by atoms with van der Waals surface area (Å²) in [4.78, 5) is 21.4. The Kier molecular flexibility index (Phi) is 4.39. The van der Waals surface area contributed by atoms with Gasteiger partial charge in [-0.1, -0.05) is 43.2 Å². The molecule has 1 aromatic heterocycles. The standard InChI is InChI=1S/C16H20N4O2/c17-15-14(18-11-20(15)13-8-4-5-9-13)16(21)19-22-10-12-6-2-1-3-7-12/h1-3,6-7,11,13H,4-5,8-10,17H2,(H,19,21). The predicted molar refractivity (Wildman–Crippen MR) is 82.8 cm³/mol. The first kappa shape index (κ1) is 14.6. The van der Waals surface area contributed by atoms with Crippen LogP contribution in [0.5, 0.6) is 0 Å². The number of carbonyl (C=O) groups excluding carboxylic acids is 1. The van der Waals surface area contributed by atoms with Crippen molar-refractivity contribution >= 4 is 11.7 Å². The largest absolute Gasteiger partial charge is 0.383 e. The number of nitrogen functional groups attached to an aromatic ring is 1. The van der Waals surface area contributed by atoms with E-state index in [9.17, 15) is 4.79 Å². The summed E-state index contributed by atoms with van der Waals surface area (Å²) < 4.78 is 1.90. The van der Waals surface area contributed by atoms with Crippen LogP contribution in [0.25, 0.3) is 0 Å². The van der Waals surface area contributed by atoms with Crippen LogP contribution in [-0.4, -0.2) is 15.5 Å². The molecule has 0 atom stereocenters. The average molecular weight is 300 g/mol. The molecule has 1 aromatic carbocycles. The van der Waals surface area contributed by atoms with E-state index in [-0.39, 0.29) is 5.69 Å². The van der Waals surface area contributed by atoms with Gasteiger partial charge >= 0.3 is 0 Å². The van der Waals surface area contributed by atoms with Crippen molar-refractivity contribution in [3.8, 4) is 0 Å². The minimum Gasteiger partial charge on any atom is -0.383 e. The fourth-order valence-corrected chi connectivity index (χ4v) is 2.83. The fraction of sp³-hybridized carbons (Fsp3) is 0.375. The van der Waals surface area contributed by atoms with Gasteiger partial charge in [0.1, 0.15) is 5.82 Å². The lowest BCUT2D eigenvalue weighted by Gasteiger charge is -2.12. The summed E-state index contributed by atoms with van der Waals surface area (Å²) in [5.41, 5.74) is 9.65. The first-order valence-corrected chi connectivity index (χ1v) is 7.54. The predicted octanol–water partition coefficient (Wildman–Crippen LogP) is 2.44. The molecule has 3 N–H and O–H groups in total. The molecule has 116 valence electrons. The van der Waals surface area contributed by atoms with Crippen molar-refractivity contribution in [2.75, 3.05) is 5.73 Å². The number of anilines is 1. The quantitative estimate of drug-likeness (QED) is 0.831. The van der Waals surface area contributed by atoms with Crippen molar-refractivity contribution < 1.29 is 9.63 Å². The highest BCUT2D eigenvalue weighted by Crippen LogP contribution is 2.31. The normalized spacial score (nSPS) is 15.1. The Morgan fingerprint density at radius 3 is 2.77 bits per heavy atom. The summed E-state index contributed by atoms with van der Waals surface area (Å²) in [7, 11) is 0. The molecule has 3 rings (SSSR count). The van der Waals surface area contributed by atoms with Crippen molar-refractivity contribution in [3.63, 3.8) is 0 Å². The molecular formula is C16H20N4O2. The van der Waals surface area contributed by atoms with E-state index in [4.69, 9.17) is 10.6 Å². The van der Waals surface area contributed by atoms with Gasteiger partial charge in [0.15, 0.2) is 5.69 Å². The Morgan fingerprint density at radius 2 is 2.05 bits per heavy atom. The molecule has 0 aliphatic heterocycles. The summed E-state index contributed by atoms with van der Waals surface area (Å²) in [6.45, 7) is 0.301. The number of hydroxylamine groups is 1. The van der Waals surface area contributed by atoms with Crippen LogP contribution in [0.15, 0.2) is 36.7 Å². The third-order valence-electron chi connectivity index (χ3n) is 4.01. The second-order valence-electron chi connectivity index (χ2n) is 5.53. The number of carbonyl (C=O) groups is 1. The third kappa shape index (κ3) is 3.12. The molecule has 0 saturated heterocycles. The van der Waals surface area contributed by atoms with Gasteiger partial charge in [0.05, 0.1) is 12.9 Å². The number of hydrogen-bond donors (Lipinski definition) is 2. The van der Waals surface area contributed by atoms with Gasteiger partial charge in [0, 0.05) is 6.04 Å². The summed E-state index contributed by atoms with van der Waals surface area (Å²) in [5, 5.41) is 0. The molecule has 0 unspecified atom stereocenters. The van der Waals surface area contributed by atoms with Gasteiger partial charge in [-0.25, -0.2) is 10.5 Å². The Labute approximate surface area is 129 Å². The Balaban J connectivity index is 1.58. The maximum absolute atomic E-state index is 12.1. The van der Waals surface area contributed by atoms with Gasteiger partial charge in [-0.3, -0.25) is 9.63 Å². The zero-order chi connectivity index (χ0) is 15.4. The molecule has 1 heterocycles. The Morgan fingerprint density at radius 1 is 1.32 bits per heavy atom. The van der Waals surface area contributed by atoms with Gasteiger partial charge in [-0.05, 0) is 18.4 Å². The molecular weight excluding hydrogens is 280 g/mol. The number of nitrogens with two attached hydrogens (primary N) is 1. The average Bonchev–Trinajstić information content (AvgIpc) is 3.17. The smallest absolute Gasteiger partial charge is 0.297 e. The molecule has 0 radical (unpaired) electrons. The van der Waals surface area contributed by atoms with E-state index in [0.29, 0.717) is 18.5 Å². The number of nitrogens with zero attached hydrogens (tertiary/aromatic N) is 2. The second-order valence-corrected chi connectivity index (χ2v) is 5.53. The van der Waals surface area contributed by atoms with Gasteiger partial charge < -0.3 is 10.3 Å². The van der Waals surface area contributed by atoms with Crippen molar-refractivity contribution in [3.05, 3.63) is 47.9 Å². The lowest BCUT2D eigenvalue weighted by atomic mass is 10.2. The van der Waals surface area contributed by atoms with Crippen molar-refractivity contribution in [1.29, 1.82) is 0 Å². The molecule has 1 aliphatic rings. The summed E-state index contributed by atoms with van der Waals surface area (Å²) >= 11 is 0. The maximum atomic E-state index is 12.1. The van der Waals surface area contributed by atoms with Crippen molar-refractivity contribution in [2.24, 2.45) is 0 Å². The summed E-state index contributed by atoms with van der Waals surface area (Å²) in [6.07, 6.45) is 6.23. The molecule has 6 nitrogen and oxygen atoms in total. The van der Waals surface area contributed by atoms with Crippen LogP contribution >= 0.6 is 0 Å². The van der Waals surface area contributed by atoms with E-state index >= 15 is 0 Å². The topological polar surface area (TPSA) is 82.2 Å². The zero-order valence-electron chi connectivity index (χ0n) is 12.4. The monoisotopic (exact) mass is 300 g/mol. The van der Waals surface area contributed by atoms with E-state index in [1.54, 1.807) is 6.33 Å². The summed E-state index contributed by atoms with van der Waals surface area (Å²) in [6, 6.07) is 9.98. The molecule has 1 saturated carbocycles. The summed E-state index contributed by atoms with van der Waals surface area (Å²) in [5.74, 6) is -0.00195. The van der Waals surface area contributed by atoms with Crippen LogP contribution in [0.1, 0.15) is 47.8 Å². The van der Waals surface area contributed by atoms with Gasteiger partial charge in [-0.15, -0.1) is 0 Å². The first-order valence-electron chi connectivity index (χ1n) is 7.54. The van der Waals surface area contributed by atoms with Crippen LogP contribution in [0.3, 0.4) is 0 Å². The molecule has 6 heteroatoms. The number of imidazole rings is 1. The lowest BCUT2D eigenvalue weighted by Crippen LogP contribution is -2.25. The van der Waals surface area contributed by atoms with Crippen molar-refractivity contribution in [2.45, 2.75) is 38.3 Å². The van der Waals surface area contributed by atoms with E-state index in [2.05, 4.69) is 10.5 Å². The fourth-order valence-electron chi connectivity index (χ4n) is 2.83. The van der Waals surface area contributed by atoms with Gasteiger partial charge in [0.25, 0.3) is 5.91 Å². The highest BCUT2D eigenvalue weighted by molar-refractivity contribution is 5.95. The zero-order valence-corrected chi connectivity index (χ0v) is 12.4. The number of hydrogen-bond acceptors (Lipinski definition) is 4. The van der Waals surface area contributed by atoms with Gasteiger partial charge in [-0.2, -0.15) is 0 Å². The van der Waals surface area contributed by atoms with Crippen LogP contribution < -0.4 is 11.2 Å². The molecule has 2 aromatic rings. The number of aromatic nitrogens is 2. The van der Waals surface area contributed by atoms with Gasteiger partial charge in [0.2, 0.25) is 0 Å². The van der Waals surface area contributed by atoms with Crippen LogP contribution in [0, 0.1) is 0 Å². The number of amides is 1. The van der Waals surface area contributed by atoms with E-state index in [0.717, 1.165) is 18.4 Å². The van der Waals surface area contributed by atoms with Crippen LogP contribution in [0.2, 0.25) is 0 Å². The highest BCUT2D eigenvalue weighted by Gasteiger charge is 2.23. The Bertz CT molecular complexity index is 633. The van der Waals surface area contributed by atoms with Crippen molar-refractivity contribution in [1.82, 2.24) is 15.0 Å². The Hall–Kier alpha value is -2.34. The molecule has 0 bridgehead atoms. The minimum absolute atomic E-state index is 0.222. The van der Waals surface area contributed by atoms with Crippen LogP contribution in [0.4, 0.5) is 5.82 Å². The number of benzene rings is 1. The molecule has 1 fully saturated rings. The lowest BCUT2D eigenvalue weighted by molar-refractivity contribution is 0.0230. The molecule has 0 spiro atoms. The maximum Gasteiger partial charge on any atom is 0.297 e. The third-order valence-corrected chi connectivity index (χ3v) is 4.01. The van der Waals surface area contributed by atoms with E-state index < -0.39 is 5.91 Å². The number of nitrogens with one attached hydrogen (secondary N) is 1. The first-order chi connectivity index (χ1) is 10.8. The SMILES string of the molecule is Nc1c(C(=O)NOCc2ccccc2)ncn1C1CCCC1. The van der Waals surface area contributed by atoms with E-state index in [1.807, 2.05) is 34.9 Å². The van der Waals surface area contributed by atoms with Crippen LogP contribution in [-0.2, 0) is 11.4 Å². The van der Waals surface area contributed by atoms with E-state index in [1.165, 1.54) is 12.8 Å². The molecule has 1 aliphatic carbocycles. The number of rotatable bonds is 5. The molecule has 22 heavy (non-hydrogen) atoms. The molecule has 1 amide bonds.